The number of hydrogen-bond acceptors (Lipinski definition) is 2. The molecule has 2 aromatic rings. The van der Waals surface area contributed by atoms with Gasteiger partial charge in [-0.1, -0.05) is 0 Å². The van der Waals surface area contributed by atoms with Gasteiger partial charge < -0.3 is 4.74 Å². The summed E-state index contributed by atoms with van der Waals surface area (Å²) in [5, 5.41) is 0. The van der Waals surface area contributed by atoms with Crippen LogP contribution in [0, 0.1) is 17.5 Å². The van der Waals surface area contributed by atoms with Gasteiger partial charge in [-0.25, -0.2) is 13.2 Å². The van der Waals surface area contributed by atoms with Gasteiger partial charge in [0.15, 0.2) is 17.4 Å². The van der Waals surface area contributed by atoms with Gasteiger partial charge in [-0.3, -0.25) is 4.94 Å². The quantitative estimate of drug-likeness (QED) is 0.745. The van der Waals surface area contributed by atoms with Crippen molar-refractivity contribution in [2.24, 2.45) is 0 Å². The van der Waals surface area contributed by atoms with Crippen molar-refractivity contribution in [3.63, 3.8) is 0 Å². The zero-order chi connectivity index (χ0) is 16.5. The van der Waals surface area contributed by atoms with E-state index in [1.165, 1.54) is 0 Å². The Labute approximate surface area is 118 Å². The second kappa shape index (κ2) is 5.74. The van der Waals surface area contributed by atoms with Crippen LogP contribution in [-0.4, -0.2) is 6.36 Å². The van der Waals surface area contributed by atoms with E-state index >= 15 is 0 Å². The Morgan fingerprint density at radius 3 is 1.86 bits per heavy atom. The summed E-state index contributed by atoms with van der Waals surface area (Å²) >= 11 is 0. The molecule has 0 heterocycles. The van der Waals surface area contributed by atoms with E-state index < -0.39 is 40.9 Å². The van der Waals surface area contributed by atoms with Gasteiger partial charge in [-0.05, 0) is 29.8 Å². The first-order chi connectivity index (χ1) is 10.2. The van der Waals surface area contributed by atoms with Crippen LogP contribution >= 0.6 is 0 Å². The lowest BCUT2D eigenvalue weighted by Crippen LogP contribution is -2.19. The maximum absolute atomic E-state index is 13.7. The standard InChI is InChI=1S/C13H5F7O2/c14-9-5-7(22-20)1-2-8(9)6-3-10(15)12(11(16)4-6)21-13(17,18)19/h1-5H. The molecule has 0 unspecified atom stereocenters. The van der Waals surface area contributed by atoms with Gasteiger partial charge in [0.05, 0.1) is 0 Å². The highest BCUT2D eigenvalue weighted by atomic mass is 19.4. The molecule has 0 bridgehead atoms. The second-order valence-electron chi connectivity index (χ2n) is 4.04. The number of alkyl halides is 3. The topological polar surface area (TPSA) is 18.5 Å². The summed E-state index contributed by atoms with van der Waals surface area (Å²) in [5.41, 5.74) is -0.760. The van der Waals surface area contributed by atoms with Crippen LogP contribution in [0.25, 0.3) is 11.1 Å². The minimum atomic E-state index is -5.28. The molecule has 0 spiro atoms. The van der Waals surface area contributed by atoms with Gasteiger partial charge in [0.2, 0.25) is 5.75 Å². The molecule has 0 aliphatic rings. The number of hydrogen-bond donors (Lipinski definition) is 0. The zero-order valence-electron chi connectivity index (χ0n) is 10.3. The summed E-state index contributed by atoms with van der Waals surface area (Å²) in [4.78, 5) is 3.27. The zero-order valence-corrected chi connectivity index (χ0v) is 10.3. The van der Waals surface area contributed by atoms with Crippen LogP contribution in [-0.2, 0) is 0 Å². The van der Waals surface area contributed by atoms with E-state index in [-0.39, 0.29) is 5.56 Å². The molecule has 0 aliphatic carbocycles. The predicted octanol–water partition coefficient (Wildman–Crippen LogP) is 4.93. The molecule has 118 valence electrons. The summed E-state index contributed by atoms with van der Waals surface area (Å²) in [6, 6.07) is 3.43. The molecule has 0 radical (unpaired) electrons. The molecule has 0 atom stereocenters. The molecule has 2 aromatic carbocycles. The van der Waals surface area contributed by atoms with Crippen LogP contribution < -0.4 is 9.68 Å². The van der Waals surface area contributed by atoms with E-state index in [2.05, 4.69) is 9.68 Å². The highest BCUT2D eigenvalue weighted by Gasteiger charge is 2.34. The van der Waals surface area contributed by atoms with E-state index in [1.54, 1.807) is 0 Å². The molecule has 2 rings (SSSR count). The summed E-state index contributed by atoms with van der Waals surface area (Å²) < 4.78 is 91.8. The first kappa shape index (κ1) is 15.9. The van der Waals surface area contributed by atoms with Crippen molar-refractivity contribution >= 4 is 0 Å². The van der Waals surface area contributed by atoms with Crippen molar-refractivity contribution < 1.29 is 40.5 Å². The van der Waals surface area contributed by atoms with Crippen molar-refractivity contribution in [2.75, 3.05) is 0 Å². The Bertz CT molecular complexity index is 674. The van der Waals surface area contributed by atoms with Crippen molar-refractivity contribution in [1.82, 2.24) is 0 Å². The summed E-state index contributed by atoms with van der Waals surface area (Å²) in [6.45, 7) is 0. The van der Waals surface area contributed by atoms with Crippen LogP contribution in [0.2, 0.25) is 0 Å². The van der Waals surface area contributed by atoms with Crippen LogP contribution in [0.3, 0.4) is 0 Å². The average Bonchev–Trinajstić information content (AvgIpc) is 2.41. The molecule has 0 amide bonds. The molecule has 0 aliphatic heterocycles. The van der Waals surface area contributed by atoms with E-state index in [9.17, 15) is 30.9 Å². The minimum Gasteiger partial charge on any atom is -0.399 e. The van der Waals surface area contributed by atoms with E-state index in [0.29, 0.717) is 18.2 Å². The fourth-order valence-electron chi connectivity index (χ4n) is 1.71. The van der Waals surface area contributed by atoms with E-state index in [4.69, 9.17) is 0 Å². The molecule has 2 nitrogen and oxygen atoms in total. The fourth-order valence-corrected chi connectivity index (χ4v) is 1.71. The van der Waals surface area contributed by atoms with Crippen LogP contribution in [0.15, 0.2) is 30.3 Å². The predicted molar refractivity (Wildman–Crippen MR) is 60.2 cm³/mol. The lowest BCUT2D eigenvalue weighted by molar-refractivity contribution is -0.276. The monoisotopic (exact) mass is 326 g/mol. The minimum absolute atomic E-state index is 0.364. The molecule has 0 fully saturated rings. The van der Waals surface area contributed by atoms with Gasteiger partial charge in [-0.15, -0.1) is 13.2 Å². The lowest BCUT2D eigenvalue weighted by Gasteiger charge is -2.12. The largest absolute Gasteiger partial charge is 0.573 e. The third-order valence-corrected chi connectivity index (χ3v) is 2.56. The van der Waals surface area contributed by atoms with Gasteiger partial charge in [0.1, 0.15) is 5.82 Å². The van der Waals surface area contributed by atoms with Gasteiger partial charge in [0.25, 0.3) is 0 Å². The molecule has 0 saturated heterocycles. The average molecular weight is 326 g/mol. The first-order valence-corrected chi connectivity index (χ1v) is 5.54. The number of halogens is 7. The van der Waals surface area contributed by atoms with Gasteiger partial charge in [0, 0.05) is 16.2 Å². The summed E-state index contributed by atoms with van der Waals surface area (Å²) in [7, 11) is 0. The normalized spacial score (nSPS) is 11.4. The van der Waals surface area contributed by atoms with E-state index in [0.717, 1.165) is 12.1 Å². The molecule has 0 aromatic heterocycles. The third kappa shape index (κ3) is 3.41. The molecule has 0 saturated carbocycles. The summed E-state index contributed by atoms with van der Waals surface area (Å²) in [6.07, 6.45) is -5.28. The molecular weight excluding hydrogens is 321 g/mol. The number of rotatable bonds is 3. The molecule has 9 heteroatoms. The van der Waals surface area contributed by atoms with Crippen molar-refractivity contribution in [2.45, 2.75) is 6.36 Å². The Hall–Kier alpha value is -2.45. The smallest absolute Gasteiger partial charge is 0.399 e. The Balaban J connectivity index is 2.46. The highest BCUT2D eigenvalue weighted by Crippen LogP contribution is 2.34. The van der Waals surface area contributed by atoms with Crippen LogP contribution in [0.5, 0.6) is 11.5 Å². The van der Waals surface area contributed by atoms with E-state index in [1.807, 2.05) is 0 Å². The number of benzene rings is 2. The Morgan fingerprint density at radius 2 is 1.41 bits per heavy atom. The first-order valence-electron chi connectivity index (χ1n) is 5.54. The number of ether oxygens (including phenoxy) is 1. The Morgan fingerprint density at radius 1 is 0.818 bits per heavy atom. The second-order valence-corrected chi connectivity index (χ2v) is 4.04. The van der Waals surface area contributed by atoms with Crippen molar-refractivity contribution in [3.05, 3.63) is 47.8 Å². The SMILES string of the molecule is FOc1ccc(-c2cc(F)c(OC(F)(F)F)c(F)c2)c(F)c1. The summed E-state index contributed by atoms with van der Waals surface area (Å²) in [5.74, 6) is -6.56. The maximum atomic E-state index is 13.7. The lowest BCUT2D eigenvalue weighted by atomic mass is 10.0. The maximum Gasteiger partial charge on any atom is 0.573 e. The van der Waals surface area contributed by atoms with Crippen LogP contribution in [0.1, 0.15) is 0 Å². The van der Waals surface area contributed by atoms with Crippen molar-refractivity contribution in [3.8, 4) is 22.6 Å². The van der Waals surface area contributed by atoms with Crippen molar-refractivity contribution in [1.29, 1.82) is 0 Å². The Kier molecular flexibility index (Phi) is 4.16. The fraction of sp³-hybridized carbons (Fsp3) is 0.0769. The molecular formula is C13H5F7O2. The van der Waals surface area contributed by atoms with Gasteiger partial charge >= 0.3 is 6.36 Å². The molecule has 22 heavy (non-hydrogen) atoms. The molecule has 0 N–H and O–H groups in total. The highest BCUT2D eigenvalue weighted by molar-refractivity contribution is 5.66. The third-order valence-electron chi connectivity index (χ3n) is 2.56. The van der Waals surface area contributed by atoms with Gasteiger partial charge in [-0.2, -0.15) is 0 Å². The van der Waals surface area contributed by atoms with Crippen LogP contribution in [0.4, 0.5) is 30.9 Å².